The summed E-state index contributed by atoms with van der Waals surface area (Å²) >= 11 is 5.22. The van der Waals surface area contributed by atoms with Crippen LogP contribution in [0.1, 0.15) is 11.3 Å². The number of hydrogen-bond acceptors (Lipinski definition) is 5. The van der Waals surface area contributed by atoms with E-state index in [0.717, 1.165) is 11.8 Å². The monoisotopic (exact) mass is 374 g/mol. The van der Waals surface area contributed by atoms with Gasteiger partial charge in [-0.05, 0) is 12.5 Å². The minimum atomic E-state index is -3.76. The third-order valence-corrected chi connectivity index (χ3v) is 5.36. The van der Waals surface area contributed by atoms with E-state index in [-0.39, 0.29) is 23.2 Å². The molecule has 0 saturated heterocycles. The zero-order valence-corrected chi connectivity index (χ0v) is 14.9. The number of pyridine rings is 1. The molecule has 0 N–H and O–H groups in total. The number of sulfonamides is 1. The van der Waals surface area contributed by atoms with Gasteiger partial charge in [-0.3, -0.25) is 0 Å². The summed E-state index contributed by atoms with van der Waals surface area (Å²) < 4.78 is 41.4. The van der Waals surface area contributed by atoms with Gasteiger partial charge in [-0.2, -0.15) is 3.71 Å². The molecule has 124 valence electrons. The summed E-state index contributed by atoms with van der Waals surface area (Å²) in [6.07, 6.45) is 0.951. The molecule has 0 fully saturated rings. The predicted octanol–water partition coefficient (Wildman–Crippen LogP) is 2.25. The van der Waals surface area contributed by atoms with E-state index in [1.165, 1.54) is 6.07 Å². The van der Waals surface area contributed by atoms with Crippen molar-refractivity contribution in [2.24, 2.45) is 0 Å². The molecule has 0 unspecified atom stereocenters. The second-order valence-corrected chi connectivity index (χ2v) is 7.79. The van der Waals surface area contributed by atoms with Gasteiger partial charge >= 0.3 is 0 Å². The number of benzene rings is 1. The van der Waals surface area contributed by atoms with E-state index >= 15 is 0 Å². The van der Waals surface area contributed by atoms with Crippen molar-refractivity contribution < 1.29 is 17.4 Å². The predicted molar refractivity (Wildman–Crippen MR) is 91.6 cm³/mol. The average Bonchev–Trinajstić information content (AvgIpc) is 2.48. The van der Waals surface area contributed by atoms with Gasteiger partial charge in [0.15, 0.2) is 0 Å². The normalized spacial score (nSPS) is 11.3. The molecule has 1 heterocycles. The van der Waals surface area contributed by atoms with Crippen LogP contribution >= 0.6 is 11.6 Å². The lowest BCUT2D eigenvalue weighted by Gasteiger charge is -2.20. The molecule has 2 rings (SSSR count). The first-order valence-electron chi connectivity index (χ1n) is 6.50. The van der Waals surface area contributed by atoms with Gasteiger partial charge in [0.25, 0.3) is 0 Å². The van der Waals surface area contributed by atoms with Crippen LogP contribution in [-0.4, -0.2) is 23.9 Å². The Hall–Kier alpha value is -1.64. The second-order valence-electron chi connectivity index (χ2n) is 4.74. The Morgan fingerprint density at radius 1 is 1.30 bits per heavy atom. The van der Waals surface area contributed by atoms with E-state index in [1.54, 1.807) is 6.92 Å². The van der Waals surface area contributed by atoms with Crippen LogP contribution in [0.3, 0.4) is 0 Å². The SMILES string of the molecule is Cc1nc(Cl)cc(OCc2ccccc2)c1N([SH]=O)S(C)(=O)=O. The van der Waals surface area contributed by atoms with Gasteiger partial charge in [0, 0.05) is 6.07 Å². The number of halogens is 1. The van der Waals surface area contributed by atoms with Crippen molar-refractivity contribution in [3.05, 3.63) is 52.8 Å². The van der Waals surface area contributed by atoms with E-state index < -0.39 is 21.9 Å². The van der Waals surface area contributed by atoms with Gasteiger partial charge in [-0.25, -0.2) is 17.6 Å². The molecule has 0 saturated carbocycles. The van der Waals surface area contributed by atoms with Gasteiger partial charge in [0.2, 0.25) is 10.0 Å². The maximum atomic E-state index is 11.8. The van der Waals surface area contributed by atoms with Gasteiger partial charge in [-0.1, -0.05) is 41.9 Å². The Morgan fingerprint density at radius 2 is 1.96 bits per heavy atom. The van der Waals surface area contributed by atoms with Crippen molar-refractivity contribution in [2.45, 2.75) is 13.5 Å². The van der Waals surface area contributed by atoms with Gasteiger partial charge in [0.1, 0.15) is 35.0 Å². The van der Waals surface area contributed by atoms with Crippen LogP contribution in [0.4, 0.5) is 5.69 Å². The number of thiol groups is 1. The lowest BCUT2D eigenvalue weighted by Crippen LogP contribution is -2.27. The first-order valence-corrected chi connectivity index (χ1v) is 9.49. The largest absolute Gasteiger partial charge is 0.486 e. The molecular formula is C14H15ClN2O4S2. The molecule has 6 nitrogen and oxygen atoms in total. The fourth-order valence-corrected chi connectivity index (χ4v) is 3.53. The Bertz CT molecular complexity index is 813. The van der Waals surface area contributed by atoms with Crippen molar-refractivity contribution in [2.75, 3.05) is 9.97 Å². The summed E-state index contributed by atoms with van der Waals surface area (Å²) in [7, 11) is -3.76. The van der Waals surface area contributed by atoms with E-state index in [4.69, 9.17) is 16.3 Å². The molecule has 9 heteroatoms. The zero-order valence-electron chi connectivity index (χ0n) is 12.4. The van der Waals surface area contributed by atoms with Crippen LogP contribution in [0, 0.1) is 6.92 Å². The number of aryl methyl sites for hydroxylation is 1. The highest BCUT2D eigenvalue weighted by molar-refractivity contribution is 8.01. The summed E-state index contributed by atoms with van der Waals surface area (Å²) in [5, 5.41) is 0.158. The van der Waals surface area contributed by atoms with E-state index in [1.807, 2.05) is 30.3 Å². The molecular weight excluding hydrogens is 360 g/mol. The first kappa shape index (κ1) is 17.7. The van der Waals surface area contributed by atoms with Crippen LogP contribution in [0.5, 0.6) is 5.75 Å². The standard InChI is InChI=1S/C14H15ClN2O4S2/c1-10-14(17(22-18)23(2,19)20)12(8-13(15)16-10)21-9-11-6-4-3-5-7-11/h3-8,22H,9H2,1-2H3. The van der Waals surface area contributed by atoms with Crippen LogP contribution in [0.25, 0.3) is 0 Å². The van der Waals surface area contributed by atoms with Gasteiger partial charge in [-0.15, -0.1) is 0 Å². The maximum Gasteiger partial charge on any atom is 0.243 e. The molecule has 23 heavy (non-hydrogen) atoms. The Kier molecular flexibility index (Phi) is 5.61. The lowest BCUT2D eigenvalue weighted by molar-refractivity contribution is 0.307. The summed E-state index contributed by atoms with van der Waals surface area (Å²) in [4.78, 5) is 4.01. The third kappa shape index (κ3) is 4.43. The highest BCUT2D eigenvalue weighted by atomic mass is 35.5. The molecule has 0 radical (unpaired) electrons. The van der Waals surface area contributed by atoms with E-state index in [0.29, 0.717) is 9.40 Å². The van der Waals surface area contributed by atoms with Crippen LogP contribution in [0.15, 0.2) is 36.4 Å². The van der Waals surface area contributed by atoms with Crippen molar-refractivity contribution in [3.8, 4) is 5.75 Å². The highest BCUT2D eigenvalue weighted by Crippen LogP contribution is 2.35. The van der Waals surface area contributed by atoms with Gasteiger partial charge in [0.05, 0.1) is 11.9 Å². The smallest absolute Gasteiger partial charge is 0.243 e. The maximum absolute atomic E-state index is 11.8. The molecule has 0 atom stereocenters. The Morgan fingerprint density at radius 3 is 2.52 bits per heavy atom. The number of hydrogen-bond donors (Lipinski definition) is 1. The Labute approximate surface area is 143 Å². The summed E-state index contributed by atoms with van der Waals surface area (Å²) in [5.74, 6) is 0.195. The second kappa shape index (κ2) is 7.29. The van der Waals surface area contributed by atoms with Crippen LogP contribution < -0.4 is 8.45 Å². The molecule has 1 aromatic heterocycles. The molecule has 0 aliphatic rings. The molecule has 1 aromatic carbocycles. The Balaban J connectivity index is 2.43. The molecule has 0 spiro atoms. The summed E-state index contributed by atoms with van der Waals surface area (Å²) in [6, 6.07) is 10.7. The van der Waals surface area contributed by atoms with Crippen molar-refractivity contribution in [1.29, 1.82) is 0 Å². The number of anilines is 1. The van der Waals surface area contributed by atoms with E-state index in [2.05, 4.69) is 4.98 Å². The van der Waals surface area contributed by atoms with E-state index in [9.17, 15) is 12.6 Å². The topological polar surface area (TPSA) is 76.6 Å². The molecule has 0 amide bonds. The first-order chi connectivity index (χ1) is 10.8. The minimum absolute atomic E-state index is 0.101. The molecule has 2 aromatic rings. The fraction of sp³-hybridized carbons (Fsp3) is 0.214. The quantitative estimate of drug-likeness (QED) is 0.620. The average molecular weight is 375 g/mol. The number of rotatable bonds is 6. The van der Waals surface area contributed by atoms with Crippen molar-refractivity contribution >= 4 is 39.2 Å². The molecule has 0 aliphatic heterocycles. The number of aromatic nitrogens is 1. The number of nitrogens with zero attached hydrogens (tertiary/aromatic N) is 2. The van der Waals surface area contributed by atoms with Gasteiger partial charge < -0.3 is 4.74 Å². The van der Waals surface area contributed by atoms with Crippen molar-refractivity contribution in [1.82, 2.24) is 4.98 Å². The molecule has 0 aliphatic carbocycles. The van der Waals surface area contributed by atoms with Crippen LogP contribution in [0.2, 0.25) is 5.15 Å². The highest BCUT2D eigenvalue weighted by Gasteiger charge is 2.24. The molecule has 0 bridgehead atoms. The van der Waals surface area contributed by atoms with Crippen LogP contribution in [-0.2, 0) is 28.5 Å². The lowest BCUT2D eigenvalue weighted by atomic mass is 10.2. The fourth-order valence-electron chi connectivity index (χ4n) is 1.95. The third-order valence-electron chi connectivity index (χ3n) is 2.92. The zero-order chi connectivity index (χ0) is 17.0. The van der Waals surface area contributed by atoms with Crippen molar-refractivity contribution in [3.63, 3.8) is 0 Å². The number of ether oxygens (including phenoxy) is 1. The summed E-state index contributed by atoms with van der Waals surface area (Å²) in [5.41, 5.74) is 1.30. The summed E-state index contributed by atoms with van der Waals surface area (Å²) in [6.45, 7) is 1.78. The minimum Gasteiger partial charge on any atom is -0.486 e.